The van der Waals surface area contributed by atoms with Gasteiger partial charge in [0.2, 0.25) is 0 Å². The first-order chi connectivity index (χ1) is 13.6. The minimum atomic E-state index is -0.421. The van der Waals surface area contributed by atoms with Crippen LogP contribution >= 0.6 is 31.9 Å². The zero-order chi connectivity index (χ0) is 21.2. The molecule has 0 heterocycles. The van der Waals surface area contributed by atoms with Crippen molar-refractivity contribution in [3.8, 4) is 0 Å². The van der Waals surface area contributed by atoms with Crippen molar-refractivity contribution in [3.63, 3.8) is 0 Å². The quantitative estimate of drug-likeness (QED) is 0.432. The van der Waals surface area contributed by atoms with Crippen LogP contribution in [0.1, 0.15) is 58.8 Å². The number of methoxy groups -OCH3 is 1. The van der Waals surface area contributed by atoms with Gasteiger partial charge in [-0.05, 0) is 68.1 Å². The van der Waals surface area contributed by atoms with Crippen LogP contribution in [0.5, 0.6) is 0 Å². The van der Waals surface area contributed by atoms with E-state index in [1.54, 1.807) is 0 Å². The Kier molecular flexibility index (Phi) is 5.69. The molecule has 0 aromatic rings. The van der Waals surface area contributed by atoms with Gasteiger partial charge in [-0.1, -0.05) is 38.8 Å². The van der Waals surface area contributed by atoms with Gasteiger partial charge in [0.25, 0.3) is 0 Å². The molecule has 9 unspecified atom stereocenters. The minimum absolute atomic E-state index is 0.135. The fraction of sp³-hybridized carbons (Fsp3) is 0.909. The van der Waals surface area contributed by atoms with Gasteiger partial charge in [0.05, 0.1) is 23.5 Å². The average molecular weight is 536 g/mol. The Morgan fingerprint density at radius 3 is 2.55 bits per heavy atom. The molecule has 0 aromatic carbocycles. The maximum Gasteiger partial charge on any atom is 0.309 e. The maximum absolute atomic E-state index is 12.7. The van der Waals surface area contributed by atoms with Crippen LogP contribution in [0, 0.1) is 34.5 Å². The second-order valence-corrected chi connectivity index (χ2v) is 12.2. The van der Waals surface area contributed by atoms with Gasteiger partial charge in [-0.25, -0.2) is 0 Å². The Morgan fingerprint density at radius 2 is 1.93 bits per heavy atom. The van der Waals surface area contributed by atoms with Gasteiger partial charge < -0.3 is 14.6 Å². The Balaban J connectivity index is 1.73. The van der Waals surface area contributed by atoms with Crippen LogP contribution in [0.15, 0.2) is 0 Å². The smallest absolute Gasteiger partial charge is 0.309 e. The summed E-state index contributed by atoms with van der Waals surface area (Å²) in [5, 5.41) is 12.3. The Labute approximate surface area is 189 Å². The van der Waals surface area contributed by atoms with Crippen molar-refractivity contribution in [2.75, 3.05) is 12.4 Å². The second-order valence-electron chi connectivity index (χ2n) is 10.2. The number of aliphatic hydroxyl groups is 1. The number of ether oxygens (including phenoxy) is 2. The van der Waals surface area contributed by atoms with Crippen LogP contribution in [0.3, 0.4) is 0 Å². The first-order valence-corrected chi connectivity index (χ1v) is 12.7. The van der Waals surface area contributed by atoms with E-state index in [2.05, 4.69) is 38.8 Å². The van der Waals surface area contributed by atoms with Crippen LogP contribution in [0.2, 0.25) is 0 Å². The summed E-state index contributed by atoms with van der Waals surface area (Å²) in [4.78, 5) is 24.4. The molecule has 1 spiro atoms. The molecule has 164 valence electrons. The first kappa shape index (κ1) is 22.1. The van der Waals surface area contributed by atoms with Gasteiger partial charge in [-0.2, -0.15) is 0 Å². The lowest BCUT2D eigenvalue weighted by atomic mass is 9.43. The standard InChI is InChI=1S/C22H32Br2O5/c1-12(25)29-14-8-15(18(26)28-3)16-6-7-21-9-13(22(24,11-23)19(21)27)4-5-17(21)20(16,2)10-14/h13-17,19,27H,4-11H2,1-3H3. The van der Waals surface area contributed by atoms with Gasteiger partial charge >= 0.3 is 11.9 Å². The summed E-state index contributed by atoms with van der Waals surface area (Å²) >= 11 is 7.58. The molecule has 29 heavy (non-hydrogen) atoms. The summed E-state index contributed by atoms with van der Waals surface area (Å²) in [5.41, 5.74) is -0.295. The minimum Gasteiger partial charge on any atom is -0.469 e. The van der Waals surface area contributed by atoms with Gasteiger partial charge in [0.15, 0.2) is 0 Å². The molecule has 4 saturated carbocycles. The third-order valence-electron chi connectivity index (χ3n) is 9.08. The molecule has 0 saturated heterocycles. The van der Waals surface area contributed by atoms with Crippen LogP contribution in [0.4, 0.5) is 0 Å². The van der Waals surface area contributed by atoms with Crippen molar-refractivity contribution in [2.24, 2.45) is 34.5 Å². The largest absolute Gasteiger partial charge is 0.469 e. The highest BCUT2D eigenvalue weighted by atomic mass is 79.9. The lowest BCUT2D eigenvalue weighted by Crippen LogP contribution is -2.60. The molecule has 1 N–H and O–H groups in total. The monoisotopic (exact) mass is 534 g/mol. The Hall–Kier alpha value is -0.140. The number of halogens is 2. The van der Waals surface area contributed by atoms with Gasteiger partial charge in [0.1, 0.15) is 6.10 Å². The summed E-state index contributed by atoms with van der Waals surface area (Å²) in [6, 6.07) is 0. The summed E-state index contributed by atoms with van der Waals surface area (Å²) in [6.45, 7) is 3.72. The Bertz CT molecular complexity index is 701. The third kappa shape index (κ3) is 3.07. The van der Waals surface area contributed by atoms with Crippen molar-refractivity contribution in [1.29, 1.82) is 0 Å². The Morgan fingerprint density at radius 1 is 1.21 bits per heavy atom. The van der Waals surface area contributed by atoms with E-state index in [4.69, 9.17) is 9.47 Å². The lowest BCUT2D eigenvalue weighted by Gasteiger charge is -2.62. The van der Waals surface area contributed by atoms with Crippen molar-refractivity contribution in [3.05, 3.63) is 0 Å². The molecule has 5 nitrogen and oxygen atoms in total. The topological polar surface area (TPSA) is 72.8 Å². The van der Waals surface area contributed by atoms with Gasteiger partial charge in [0, 0.05) is 17.7 Å². The van der Waals surface area contributed by atoms with Crippen LogP contribution in [-0.4, -0.2) is 46.0 Å². The van der Waals surface area contributed by atoms with Crippen molar-refractivity contribution >= 4 is 43.8 Å². The van der Waals surface area contributed by atoms with E-state index in [1.807, 2.05) is 0 Å². The number of hydrogen-bond acceptors (Lipinski definition) is 5. The number of alkyl halides is 2. The molecule has 2 bridgehead atoms. The van der Waals surface area contributed by atoms with Gasteiger partial charge in [-0.3, -0.25) is 9.59 Å². The SMILES string of the molecule is COC(=O)C1CC(OC(C)=O)CC2(C)C1CCC13CC(CCC21)C(Br)(CBr)C3O. The predicted octanol–water partition coefficient (Wildman–Crippen LogP) is 4.22. The van der Waals surface area contributed by atoms with E-state index in [0.29, 0.717) is 18.3 Å². The predicted molar refractivity (Wildman–Crippen MR) is 116 cm³/mol. The number of aliphatic hydroxyl groups excluding tert-OH is 1. The fourth-order valence-electron chi connectivity index (χ4n) is 8.08. The fourth-order valence-corrected chi connectivity index (χ4v) is 9.69. The summed E-state index contributed by atoms with van der Waals surface area (Å²) in [7, 11) is 1.44. The highest BCUT2D eigenvalue weighted by Gasteiger charge is 2.71. The summed E-state index contributed by atoms with van der Waals surface area (Å²) < 4.78 is 10.5. The molecule has 4 rings (SSSR count). The number of fused-ring (bicyclic) bond motifs is 3. The molecular formula is C22H32Br2O5. The first-order valence-electron chi connectivity index (χ1n) is 10.8. The molecule has 4 aliphatic rings. The summed E-state index contributed by atoms with van der Waals surface area (Å²) in [5.74, 6) is 0.234. The maximum atomic E-state index is 12.7. The van der Waals surface area contributed by atoms with Crippen molar-refractivity contribution in [1.82, 2.24) is 0 Å². The van der Waals surface area contributed by atoms with E-state index < -0.39 is 6.10 Å². The molecule has 0 amide bonds. The van der Waals surface area contributed by atoms with E-state index in [9.17, 15) is 14.7 Å². The lowest BCUT2D eigenvalue weighted by molar-refractivity contribution is -0.194. The third-order valence-corrected chi connectivity index (χ3v) is 12.1. The molecule has 4 aliphatic carbocycles. The second kappa shape index (κ2) is 7.47. The highest BCUT2D eigenvalue weighted by molar-refractivity contribution is 9.12. The molecule has 7 heteroatoms. The number of carbonyl (C=O) groups is 2. The average Bonchev–Trinajstić information content (AvgIpc) is 2.84. The number of hydrogen-bond donors (Lipinski definition) is 1. The van der Waals surface area contributed by atoms with Crippen molar-refractivity contribution < 1.29 is 24.2 Å². The van der Waals surface area contributed by atoms with E-state index in [-0.39, 0.29) is 45.0 Å². The van der Waals surface area contributed by atoms with Crippen molar-refractivity contribution in [2.45, 2.75) is 75.3 Å². The number of carbonyl (C=O) groups excluding carboxylic acids is 2. The normalized spacial score (nSPS) is 51.0. The molecule has 4 fully saturated rings. The van der Waals surface area contributed by atoms with Crippen LogP contribution in [0.25, 0.3) is 0 Å². The molecule has 0 aromatic heterocycles. The zero-order valence-electron chi connectivity index (χ0n) is 17.5. The van der Waals surface area contributed by atoms with E-state index in [0.717, 1.165) is 43.9 Å². The van der Waals surface area contributed by atoms with Crippen LogP contribution < -0.4 is 0 Å². The summed E-state index contributed by atoms with van der Waals surface area (Å²) in [6.07, 6.45) is 5.62. The van der Waals surface area contributed by atoms with E-state index in [1.165, 1.54) is 14.0 Å². The highest BCUT2D eigenvalue weighted by Crippen LogP contribution is 2.73. The number of esters is 2. The molecule has 0 radical (unpaired) electrons. The molecule has 0 aliphatic heterocycles. The molecule has 9 atom stereocenters. The molecular weight excluding hydrogens is 504 g/mol. The zero-order valence-corrected chi connectivity index (χ0v) is 20.6. The van der Waals surface area contributed by atoms with Crippen LogP contribution in [-0.2, 0) is 19.1 Å². The number of rotatable bonds is 3. The van der Waals surface area contributed by atoms with Gasteiger partial charge in [-0.15, -0.1) is 0 Å². The van der Waals surface area contributed by atoms with E-state index >= 15 is 0 Å².